The number of hydrogen-bond donors (Lipinski definition) is 1. The van der Waals surface area contributed by atoms with E-state index in [1.165, 1.54) is 6.08 Å². The van der Waals surface area contributed by atoms with Gasteiger partial charge in [0.05, 0.1) is 12.2 Å². The third-order valence-electron chi connectivity index (χ3n) is 2.29. The van der Waals surface area contributed by atoms with Crippen molar-refractivity contribution in [3.8, 4) is 0 Å². The van der Waals surface area contributed by atoms with Crippen molar-refractivity contribution in [1.29, 1.82) is 0 Å². The minimum atomic E-state index is -4.62. The largest absolute Gasteiger partial charge is 0.416 e. The maximum Gasteiger partial charge on any atom is 0.416 e. The molecule has 100 valence electrons. The molecule has 0 aliphatic carbocycles. The van der Waals surface area contributed by atoms with Gasteiger partial charge in [0, 0.05) is 0 Å². The van der Waals surface area contributed by atoms with E-state index in [-0.39, 0.29) is 17.6 Å². The number of aliphatic hydroxyl groups excluding tert-OH is 1. The highest BCUT2D eigenvalue weighted by atomic mass is 19.4. The molecule has 18 heavy (non-hydrogen) atoms. The summed E-state index contributed by atoms with van der Waals surface area (Å²) in [6.45, 7) is -1.41. The van der Waals surface area contributed by atoms with Gasteiger partial charge in [-0.3, -0.25) is 0 Å². The zero-order valence-corrected chi connectivity index (χ0v) is 9.27. The Hall–Kier alpha value is -1.43. The number of halogens is 5. The van der Waals surface area contributed by atoms with Gasteiger partial charge in [-0.05, 0) is 35.8 Å². The van der Waals surface area contributed by atoms with Crippen molar-refractivity contribution in [1.82, 2.24) is 0 Å². The molecule has 0 fully saturated rings. The van der Waals surface area contributed by atoms with Crippen LogP contribution in [0.4, 0.5) is 22.0 Å². The molecule has 1 aromatic rings. The van der Waals surface area contributed by atoms with Gasteiger partial charge in [0.1, 0.15) is 12.5 Å². The second-order valence-corrected chi connectivity index (χ2v) is 3.70. The number of benzene rings is 1. The lowest BCUT2D eigenvalue weighted by atomic mass is 10.1. The lowest BCUT2D eigenvalue weighted by Gasteiger charge is -2.08. The fourth-order valence-corrected chi connectivity index (χ4v) is 1.36. The molecule has 6 heteroatoms. The molecule has 1 aromatic carbocycles. The molecule has 0 atom stereocenters. The number of rotatable bonds is 4. The molecule has 0 saturated heterocycles. The molecule has 0 unspecified atom stereocenters. The van der Waals surface area contributed by atoms with Crippen molar-refractivity contribution in [2.75, 3.05) is 13.3 Å². The molecule has 1 rings (SSSR count). The summed E-state index contributed by atoms with van der Waals surface area (Å²) >= 11 is 0. The summed E-state index contributed by atoms with van der Waals surface area (Å²) in [7, 11) is 0. The molecule has 0 heterocycles. The summed E-state index contributed by atoms with van der Waals surface area (Å²) in [4.78, 5) is 0. The van der Waals surface area contributed by atoms with Crippen LogP contribution in [-0.4, -0.2) is 18.4 Å². The Morgan fingerprint density at radius 2 is 1.89 bits per heavy atom. The van der Waals surface area contributed by atoms with Gasteiger partial charge in [-0.25, -0.2) is 8.78 Å². The maximum absolute atomic E-state index is 13.0. The van der Waals surface area contributed by atoms with Crippen molar-refractivity contribution in [2.24, 2.45) is 0 Å². The highest BCUT2D eigenvalue weighted by Crippen LogP contribution is 2.30. The molecule has 0 aliphatic rings. The summed E-state index contributed by atoms with van der Waals surface area (Å²) in [6, 6.07) is 2.14. The number of allylic oxidation sites excluding steroid dienone is 1. The van der Waals surface area contributed by atoms with E-state index in [9.17, 15) is 22.0 Å². The van der Waals surface area contributed by atoms with E-state index in [1.54, 1.807) is 0 Å². The van der Waals surface area contributed by atoms with Crippen LogP contribution >= 0.6 is 0 Å². The van der Waals surface area contributed by atoms with Gasteiger partial charge in [-0.15, -0.1) is 0 Å². The van der Waals surface area contributed by atoms with E-state index in [0.717, 1.165) is 12.1 Å². The maximum atomic E-state index is 13.0. The molecule has 0 spiro atoms. The van der Waals surface area contributed by atoms with E-state index in [1.807, 2.05) is 0 Å². The van der Waals surface area contributed by atoms with Gasteiger partial charge < -0.3 is 5.11 Å². The van der Waals surface area contributed by atoms with E-state index < -0.39 is 30.8 Å². The zero-order valence-electron chi connectivity index (χ0n) is 9.27. The van der Waals surface area contributed by atoms with Gasteiger partial charge in [0.2, 0.25) is 0 Å². The molecule has 0 radical (unpaired) electrons. The van der Waals surface area contributed by atoms with Gasteiger partial charge >= 0.3 is 6.18 Å². The van der Waals surface area contributed by atoms with Crippen LogP contribution in [0.5, 0.6) is 0 Å². The lowest BCUT2D eigenvalue weighted by Crippen LogP contribution is -2.06. The molecular formula is C12H11F5O. The average Bonchev–Trinajstić information content (AvgIpc) is 2.28. The van der Waals surface area contributed by atoms with Gasteiger partial charge in [0.15, 0.2) is 0 Å². The van der Waals surface area contributed by atoms with Crippen LogP contribution in [0.15, 0.2) is 29.8 Å². The van der Waals surface area contributed by atoms with E-state index >= 15 is 0 Å². The molecule has 0 aliphatic heterocycles. The van der Waals surface area contributed by atoms with Crippen molar-refractivity contribution < 1.29 is 27.1 Å². The molecule has 1 N–H and O–H groups in total. The summed E-state index contributed by atoms with van der Waals surface area (Å²) in [5.74, 6) is -1.00. The monoisotopic (exact) mass is 266 g/mol. The minimum absolute atomic E-state index is 0.0489. The quantitative estimate of drug-likeness (QED) is 0.655. The first-order valence-electron chi connectivity index (χ1n) is 5.08. The van der Waals surface area contributed by atoms with Crippen LogP contribution in [0.25, 0.3) is 0 Å². The minimum Gasteiger partial charge on any atom is -0.392 e. The van der Waals surface area contributed by atoms with Crippen LogP contribution < -0.4 is 0 Å². The predicted octanol–water partition coefficient (Wildman–Crippen LogP) is 3.28. The third kappa shape index (κ3) is 4.10. The first kappa shape index (κ1) is 14.6. The normalized spacial score (nSPS) is 12.9. The van der Waals surface area contributed by atoms with Gasteiger partial charge in [0.25, 0.3) is 0 Å². The fraction of sp³-hybridized carbons (Fsp3) is 0.333. The van der Waals surface area contributed by atoms with Crippen molar-refractivity contribution >= 4 is 0 Å². The standard InChI is InChI=1S/C12H11F5O/c13-6-9(7-18)2-1-8-3-10(12(15,16)17)5-11(14)4-8/h2-5,18H,1,6-7H2/b9-2-. The van der Waals surface area contributed by atoms with Crippen molar-refractivity contribution in [3.05, 3.63) is 46.8 Å². The first-order chi connectivity index (χ1) is 8.36. The Labute approximate surface area is 101 Å². The van der Waals surface area contributed by atoms with Crippen molar-refractivity contribution in [2.45, 2.75) is 12.6 Å². The molecular weight excluding hydrogens is 255 g/mol. The molecule has 0 aromatic heterocycles. The highest BCUT2D eigenvalue weighted by molar-refractivity contribution is 5.28. The predicted molar refractivity (Wildman–Crippen MR) is 56.2 cm³/mol. The lowest BCUT2D eigenvalue weighted by molar-refractivity contribution is -0.137. The average molecular weight is 266 g/mol. The summed E-state index contributed by atoms with van der Waals surface area (Å²) in [5, 5.41) is 8.68. The summed E-state index contributed by atoms with van der Waals surface area (Å²) < 4.78 is 62.4. The van der Waals surface area contributed by atoms with Gasteiger partial charge in [-0.2, -0.15) is 13.2 Å². The molecule has 0 bridgehead atoms. The van der Waals surface area contributed by atoms with Crippen LogP contribution in [0.2, 0.25) is 0 Å². The third-order valence-corrected chi connectivity index (χ3v) is 2.29. The Bertz CT molecular complexity index is 431. The molecule has 1 nitrogen and oxygen atoms in total. The highest BCUT2D eigenvalue weighted by Gasteiger charge is 2.31. The van der Waals surface area contributed by atoms with Crippen molar-refractivity contribution in [3.63, 3.8) is 0 Å². The SMILES string of the molecule is OC/C(=C\Cc1cc(F)cc(C(F)(F)F)c1)CF. The number of aliphatic hydroxyl groups is 1. The van der Waals surface area contributed by atoms with Crippen LogP contribution in [0.3, 0.4) is 0 Å². The Balaban J connectivity index is 2.97. The summed E-state index contributed by atoms with van der Waals surface area (Å²) in [6.07, 6.45) is -3.45. The van der Waals surface area contributed by atoms with E-state index in [0.29, 0.717) is 6.07 Å². The second kappa shape index (κ2) is 5.95. The summed E-state index contributed by atoms with van der Waals surface area (Å²) in [5.41, 5.74) is -0.966. The van der Waals surface area contributed by atoms with Crippen LogP contribution in [-0.2, 0) is 12.6 Å². The Morgan fingerprint density at radius 3 is 2.39 bits per heavy atom. The van der Waals surface area contributed by atoms with E-state index in [2.05, 4.69) is 0 Å². The molecule has 0 amide bonds. The molecule has 0 saturated carbocycles. The Morgan fingerprint density at radius 1 is 1.22 bits per heavy atom. The van der Waals surface area contributed by atoms with Gasteiger partial charge in [-0.1, -0.05) is 6.08 Å². The number of hydrogen-bond acceptors (Lipinski definition) is 1. The van der Waals surface area contributed by atoms with Crippen LogP contribution in [0.1, 0.15) is 11.1 Å². The van der Waals surface area contributed by atoms with Crippen LogP contribution in [0, 0.1) is 5.82 Å². The Kier molecular flexibility index (Phi) is 4.84. The smallest absolute Gasteiger partial charge is 0.392 e. The first-order valence-corrected chi connectivity index (χ1v) is 5.08. The fourth-order valence-electron chi connectivity index (χ4n) is 1.36. The van der Waals surface area contributed by atoms with E-state index in [4.69, 9.17) is 5.11 Å². The zero-order chi connectivity index (χ0) is 13.8. The number of alkyl halides is 4. The second-order valence-electron chi connectivity index (χ2n) is 3.70. The topological polar surface area (TPSA) is 20.2 Å².